The van der Waals surface area contributed by atoms with Crippen LogP contribution in [0.1, 0.15) is 0 Å². The van der Waals surface area contributed by atoms with Crippen LogP contribution in [0, 0.1) is 0 Å². The van der Waals surface area contributed by atoms with Gasteiger partial charge in [-0.2, -0.15) is 0 Å². The van der Waals surface area contributed by atoms with Crippen LogP contribution >= 0.6 is 11.6 Å². The molecule has 0 aliphatic carbocycles. The number of aromatic nitrogens is 1. The number of hydrogen-bond acceptors (Lipinski definition) is 3. The monoisotopic (exact) mass is 195 g/mol. The van der Waals surface area contributed by atoms with Gasteiger partial charge < -0.3 is 10.6 Å². The van der Waals surface area contributed by atoms with Crippen LogP contribution in [0.25, 0.3) is 0 Å². The molecule has 13 heavy (non-hydrogen) atoms. The lowest BCUT2D eigenvalue weighted by molar-refractivity contribution is 0.972. The Hall–Kier alpha value is -1.22. The molecule has 1 aromatic heterocycles. The minimum Gasteiger partial charge on any atom is -0.396 e. The highest BCUT2D eigenvalue weighted by atomic mass is 35.5. The largest absolute Gasteiger partial charge is 0.396 e. The minimum atomic E-state index is 0.577. The number of nitrogen functional groups attached to an aromatic ring is 1. The van der Waals surface area contributed by atoms with Crippen LogP contribution in [0.15, 0.2) is 24.4 Å². The molecule has 2 rings (SSSR count). The van der Waals surface area contributed by atoms with E-state index in [0.717, 1.165) is 18.9 Å². The average molecular weight is 196 g/mol. The van der Waals surface area contributed by atoms with E-state index in [1.165, 1.54) is 0 Å². The molecule has 0 fully saturated rings. The maximum Gasteiger partial charge on any atom is 0.152 e. The standard InChI is InChI=1S/C9H10ClN3/c10-7-5-8(11)9(12-6-7)13-3-1-2-4-13/h1-2,5-6H,3-4,11H2. The van der Waals surface area contributed by atoms with Crippen molar-refractivity contribution < 1.29 is 0 Å². The highest BCUT2D eigenvalue weighted by Gasteiger charge is 2.11. The van der Waals surface area contributed by atoms with Gasteiger partial charge in [-0.15, -0.1) is 0 Å². The summed E-state index contributed by atoms with van der Waals surface area (Å²) in [6.07, 6.45) is 5.80. The molecule has 0 saturated carbocycles. The van der Waals surface area contributed by atoms with Crippen molar-refractivity contribution in [2.75, 3.05) is 23.7 Å². The van der Waals surface area contributed by atoms with Gasteiger partial charge >= 0.3 is 0 Å². The van der Waals surface area contributed by atoms with E-state index in [2.05, 4.69) is 22.0 Å². The predicted molar refractivity (Wildman–Crippen MR) is 55.0 cm³/mol. The molecule has 0 radical (unpaired) electrons. The topological polar surface area (TPSA) is 42.1 Å². The molecule has 4 heteroatoms. The summed E-state index contributed by atoms with van der Waals surface area (Å²) in [5.74, 6) is 0.814. The van der Waals surface area contributed by atoms with Gasteiger partial charge in [-0.1, -0.05) is 23.8 Å². The maximum atomic E-state index is 5.78. The first-order valence-corrected chi connectivity index (χ1v) is 4.46. The van der Waals surface area contributed by atoms with Crippen molar-refractivity contribution in [3.8, 4) is 0 Å². The number of pyridine rings is 1. The van der Waals surface area contributed by atoms with E-state index >= 15 is 0 Å². The normalized spacial score (nSPS) is 15.3. The van der Waals surface area contributed by atoms with Gasteiger partial charge in [0.05, 0.1) is 10.7 Å². The van der Waals surface area contributed by atoms with E-state index in [0.29, 0.717) is 10.7 Å². The second-order valence-corrected chi connectivity index (χ2v) is 3.38. The molecule has 0 atom stereocenters. The molecular weight excluding hydrogens is 186 g/mol. The summed E-state index contributed by atoms with van der Waals surface area (Å²) in [4.78, 5) is 6.28. The van der Waals surface area contributed by atoms with Crippen LogP contribution in [-0.2, 0) is 0 Å². The molecule has 1 aliphatic rings. The lowest BCUT2D eigenvalue weighted by Crippen LogP contribution is -2.21. The van der Waals surface area contributed by atoms with Gasteiger partial charge in [0.25, 0.3) is 0 Å². The third kappa shape index (κ3) is 1.60. The van der Waals surface area contributed by atoms with E-state index < -0.39 is 0 Å². The van der Waals surface area contributed by atoms with Gasteiger partial charge in [0.15, 0.2) is 5.82 Å². The molecule has 2 heterocycles. The fraction of sp³-hybridized carbons (Fsp3) is 0.222. The summed E-state index contributed by atoms with van der Waals surface area (Å²) in [5, 5.41) is 0.577. The second-order valence-electron chi connectivity index (χ2n) is 2.94. The van der Waals surface area contributed by atoms with E-state index in [4.69, 9.17) is 17.3 Å². The highest BCUT2D eigenvalue weighted by molar-refractivity contribution is 6.30. The van der Waals surface area contributed by atoms with Crippen molar-refractivity contribution in [1.29, 1.82) is 0 Å². The fourth-order valence-corrected chi connectivity index (χ4v) is 1.53. The quantitative estimate of drug-likeness (QED) is 0.694. The molecule has 0 amide bonds. The summed E-state index contributed by atoms with van der Waals surface area (Å²) in [6.45, 7) is 1.75. The Bertz CT molecular complexity index is 341. The van der Waals surface area contributed by atoms with E-state index in [9.17, 15) is 0 Å². The molecule has 3 nitrogen and oxygen atoms in total. The van der Waals surface area contributed by atoms with E-state index in [1.54, 1.807) is 12.3 Å². The Balaban J connectivity index is 2.30. The molecular formula is C9H10ClN3. The van der Waals surface area contributed by atoms with Crippen molar-refractivity contribution in [3.05, 3.63) is 29.4 Å². The first-order valence-electron chi connectivity index (χ1n) is 4.08. The number of rotatable bonds is 1. The molecule has 68 valence electrons. The first kappa shape index (κ1) is 8.38. The molecule has 0 unspecified atom stereocenters. The zero-order valence-corrected chi connectivity index (χ0v) is 7.83. The van der Waals surface area contributed by atoms with Crippen molar-refractivity contribution in [2.24, 2.45) is 0 Å². The van der Waals surface area contributed by atoms with Gasteiger partial charge in [0.1, 0.15) is 0 Å². The summed E-state index contributed by atoms with van der Waals surface area (Å²) < 4.78 is 0. The molecule has 0 aromatic carbocycles. The number of nitrogens with two attached hydrogens (primary N) is 1. The number of nitrogens with zero attached hydrogens (tertiary/aromatic N) is 2. The molecule has 1 aromatic rings. The third-order valence-corrected chi connectivity index (χ3v) is 2.19. The van der Waals surface area contributed by atoms with Gasteiger partial charge in [-0.25, -0.2) is 4.98 Å². The summed E-state index contributed by atoms with van der Waals surface area (Å²) in [7, 11) is 0. The smallest absolute Gasteiger partial charge is 0.152 e. The summed E-state index contributed by atoms with van der Waals surface area (Å²) in [5.41, 5.74) is 6.42. The Morgan fingerprint density at radius 1 is 1.38 bits per heavy atom. The Labute approximate surface area is 81.8 Å². The Kier molecular flexibility index (Phi) is 2.10. The fourth-order valence-electron chi connectivity index (χ4n) is 1.36. The van der Waals surface area contributed by atoms with E-state index in [-0.39, 0.29) is 0 Å². The van der Waals surface area contributed by atoms with Gasteiger partial charge in [0.2, 0.25) is 0 Å². The van der Waals surface area contributed by atoms with Crippen LogP contribution in [0.5, 0.6) is 0 Å². The minimum absolute atomic E-state index is 0.577. The Morgan fingerprint density at radius 2 is 2.08 bits per heavy atom. The average Bonchev–Trinajstić information content (AvgIpc) is 2.56. The molecule has 1 aliphatic heterocycles. The third-order valence-electron chi connectivity index (χ3n) is 1.98. The van der Waals surface area contributed by atoms with Gasteiger partial charge in [0, 0.05) is 19.3 Å². The lowest BCUT2D eigenvalue weighted by Gasteiger charge is -2.17. The summed E-state index contributed by atoms with van der Waals surface area (Å²) >= 11 is 5.75. The number of anilines is 2. The van der Waals surface area contributed by atoms with Crippen molar-refractivity contribution >= 4 is 23.1 Å². The SMILES string of the molecule is Nc1cc(Cl)cnc1N1CC=CC1. The molecule has 0 saturated heterocycles. The number of hydrogen-bond donors (Lipinski definition) is 1. The van der Waals surface area contributed by atoms with E-state index in [1.807, 2.05) is 0 Å². The van der Waals surface area contributed by atoms with Gasteiger partial charge in [-0.3, -0.25) is 0 Å². The Morgan fingerprint density at radius 3 is 2.69 bits per heavy atom. The highest BCUT2D eigenvalue weighted by Crippen LogP contribution is 2.24. The van der Waals surface area contributed by atoms with Crippen LogP contribution in [0.2, 0.25) is 5.02 Å². The summed E-state index contributed by atoms with van der Waals surface area (Å²) in [6, 6.07) is 1.72. The second kappa shape index (κ2) is 3.26. The van der Waals surface area contributed by atoms with Crippen molar-refractivity contribution in [3.63, 3.8) is 0 Å². The first-order chi connectivity index (χ1) is 6.27. The predicted octanol–water partition coefficient (Wildman–Crippen LogP) is 1.69. The lowest BCUT2D eigenvalue weighted by atomic mass is 10.3. The molecule has 0 bridgehead atoms. The van der Waals surface area contributed by atoms with Crippen molar-refractivity contribution in [2.45, 2.75) is 0 Å². The van der Waals surface area contributed by atoms with Crippen LogP contribution < -0.4 is 10.6 Å². The van der Waals surface area contributed by atoms with Crippen LogP contribution in [-0.4, -0.2) is 18.1 Å². The zero-order valence-electron chi connectivity index (χ0n) is 7.07. The van der Waals surface area contributed by atoms with Gasteiger partial charge in [-0.05, 0) is 6.07 Å². The van der Waals surface area contributed by atoms with Crippen LogP contribution in [0.4, 0.5) is 11.5 Å². The van der Waals surface area contributed by atoms with Crippen LogP contribution in [0.3, 0.4) is 0 Å². The van der Waals surface area contributed by atoms with Crippen molar-refractivity contribution in [1.82, 2.24) is 4.98 Å². The number of halogens is 1. The molecule has 0 spiro atoms. The molecule has 2 N–H and O–H groups in total. The maximum absolute atomic E-state index is 5.78. The zero-order chi connectivity index (χ0) is 9.26.